The van der Waals surface area contributed by atoms with Crippen LogP contribution in [0.5, 0.6) is 0 Å². The Hall–Kier alpha value is -2.90. The van der Waals surface area contributed by atoms with Crippen LogP contribution >= 0.6 is 0 Å². The highest BCUT2D eigenvalue weighted by molar-refractivity contribution is 6.02. The van der Waals surface area contributed by atoms with Gasteiger partial charge in [0.15, 0.2) is 5.78 Å². The molecule has 2 atom stereocenters. The molecule has 0 bridgehead atoms. The monoisotopic (exact) mass is 406 g/mol. The number of ether oxygens (including phenoxy) is 2. The average molecular weight is 406 g/mol. The lowest BCUT2D eigenvalue weighted by Crippen LogP contribution is -2.45. The minimum Gasteiger partial charge on any atom is -0.459 e. The fourth-order valence-corrected chi connectivity index (χ4v) is 2.22. The summed E-state index contributed by atoms with van der Waals surface area (Å²) in [5.41, 5.74) is 0.137. The third kappa shape index (κ3) is 8.76. The molecule has 1 aromatic carbocycles. The molecule has 1 aromatic rings. The second-order valence-electron chi connectivity index (χ2n) is 7.78. The summed E-state index contributed by atoms with van der Waals surface area (Å²) in [6, 6.07) is 7.42. The van der Waals surface area contributed by atoms with Gasteiger partial charge in [-0.1, -0.05) is 30.3 Å². The number of amides is 2. The molecule has 29 heavy (non-hydrogen) atoms. The maximum absolute atomic E-state index is 12.3. The van der Waals surface area contributed by atoms with Crippen LogP contribution in [0, 0.1) is 0 Å². The number of Topliss-reactive ketones (excluding diaryl/α,β-unsaturated/α-hetero) is 1. The van der Waals surface area contributed by atoms with Gasteiger partial charge in [0.25, 0.3) is 0 Å². The van der Waals surface area contributed by atoms with Gasteiger partial charge in [0.2, 0.25) is 5.91 Å². The number of nitrogens with zero attached hydrogens (tertiary/aromatic N) is 1. The predicted molar refractivity (Wildman–Crippen MR) is 107 cm³/mol. The molecular weight excluding hydrogens is 376 g/mol. The molecule has 2 amide bonds. The summed E-state index contributed by atoms with van der Waals surface area (Å²) in [4.78, 5) is 49.7. The van der Waals surface area contributed by atoms with Crippen molar-refractivity contribution < 1.29 is 28.7 Å². The second-order valence-corrected chi connectivity index (χ2v) is 7.78. The van der Waals surface area contributed by atoms with Crippen LogP contribution in [0.3, 0.4) is 0 Å². The molecule has 0 saturated carbocycles. The van der Waals surface area contributed by atoms with E-state index < -0.39 is 47.9 Å². The minimum atomic E-state index is -0.900. The lowest BCUT2D eigenvalue weighted by Gasteiger charge is -2.24. The molecule has 8 nitrogen and oxygen atoms in total. The van der Waals surface area contributed by atoms with Crippen LogP contribution in [0.4, 0.5) is 4.79 Å². The highest BCUT2D eigenvalue weighted by Gasteiger charge is 2.28. The largest absolute Gasteiger partial charge is 0.459 e. The number of rotatable bonds is 8. The molecule has 0 aromatic heterocycles. The van der Waals surface area contributed by atoms with Crippen LogP contribution in [-0.4, -0.2) is 53.4 Å². The third-order valence-corrected chi connectivity index (χ3v) is 4.08. The van der Waals surface area contributed by atoms with E-state index in [9.17, 15) is 19.2 Å². The topological polar surface area (TPSA) is 102 Å². The zero-order valence-corrected chi connectivity index (χ0v) is 17.9. The first kappa shape index (κ1) is 24.1. The van der Waals surface area contributed by atoms with Crippen molar-refractivity contribution in [2.45, 2.75) is 65.3 Å². The number of ketones is 1. The number of carbonyl (C=O) groups is 4. The molecule has 1 N–H and O–H groups in total. The van der Waals surface area contributed by atoms with Crippen LogP contribution in [0.25, 0.3) is 0 Å². The Bertz CT molecular complexity index is 726. The van der Waals surface area contributed by atoms with E-state index >= 15 is 0 Å². The first-order valence-electron chi connectivity index (χ1n) is 9.39. The van der Waals surface area contributed by atoms with Crippen molar-refractivity contribution in [1.82, 2.24) is 10.2 Å². The first-order chi connectivity index (χ1) is 13.4. The van der Waals surface area contributed by atoms with E-state index in [4.69, 9.17) is 9.47 Å². The second kappa shape index (κ2) is 10.6. The third-order valence-electron chi connectivity index (χ3n) is 4.08. The lowest BCUT2D eigenvalue weighted by molar-refractivity contribution is -0.155. The van der Waals surface area contributed by atoms with Gasteiger partial charge in [0.1, 0.15) is 18.2 Å². The number of esters is 1. The highest BCUT2D eigenvalue weighted by atomic mass is 16.6. The van der Waals surface area contributed by atoms with E-state index in [2.05, 4.69) is 5.32 Å². The van der Waals surface area contributed by atoms with Crippen LogP contribution in [0.15, 0.2) is 30.3 Å². The average Bonchev–Trinajstić information content (AvgIpc) is 2.63. The van der Waals surface area contributed by atoms with Gasteiger partial charge in [-0.15, -0.1) is 0 Å². The van der Waals surface area contributed by atoms with Crippen molar-refractivity contribution in [2.24, 2.45) is 0 Å². The van der Waals surface area contributed by atoms with Crippen LogP contribution in [0.1, 0.15) is 46.6 Å². The summed E-state index contributed by atoms with van der Waals surface area (Å²) >= 11 is 0. The molecule has 0 heterocycles. The predicted octanol–water partition coefficient (Wildman–Crippen LogP) is 2.45. The molecule has 0 spiro atoms. The summed E-state index contributed by atoms with van der Waals surface area (Å²) < 4.78 is 10.3. The fraction of sp³-hybridized carbons (Fsp3) is 0.524. The van der Waals surface area contributed by atoms with Gasteiger partial charge in [-0.2, -0.15) is 0 Å². The van der Waals surface area contributed by atoms with E-state index in [0.29, 0.717) is 0 Å². The number of hydrogen-bond acceptors (Lipinski definition) is 6. The van der Waals surface area contributed by atoms with Crippen LogP contribution in [-0.2, 0) is 30.5 Å². The maximum atomic E-state index is 12.3. The van der Waals surface area contributed by atoms with Crippen molar-refractivity contribution in [3.05, 3.63) is 35.9 Å². The number of likely N-dealkylation sites (N-methyl/N-ethyl adjacent to an activating group) is 1. The molecule has 8 heteroatoms. The van der Waals surface area contributed by atoms with Gasteiger partial charge in [0.05, 0.1) is 12.5 Å². The van der Waals surface area contributed by atoms with Crippen LogP contribution in [0.2, 0.25) is 0 Å². The molecule has 160 valence electrons. The van der Waals surface area contributed by atoms with Gasteiger partial charge in [-0.3, -0.25) is 9.59 Å². The molecule has 1 rings (SSSR count). The molecule has 0 aliphatic heterocycles. The Balaban J connectivity index is 2.51. The van der Waals surface area contributed by atoms with Crippen LogP contribution < -0.4 is 5.32 Å². The molecule has 0 aliphatic rings. The summed E-state index contributed by atoms with van der Waals surface area (Å²) in [5, 5.41) is 2.40. The Morgan fingerprint density at radius 1 is 1.07 bits per heavy atom. The van der Waals surface area contributed by atoms with Gasteiger partial charge in [0, 0.05) is 7.05 Å². The number of nitrogens with one attached hydrogen (secondary N) is 1. The number of carbonyl (C=O) groups excluding carboxylic acids is 4. The lowest BCUT2D eigenvalue weighted by atomic mass is 10.1. The Kier molecular flexibility index (Phi) is 8.82. The SMILES string of the molecule is C[C@H](NC(=O)OC(C)(C)C)C(=O)CC(=O)N(C)[C@@H](C)C(=O)OCc1ccccc1. The summed E-state index contributed by atoms with van der Waals surface area (Å²) in [7, 11) is 1.43. The van der Waals surface area contributed by atoms with E-state index in [-0.39, 0.29) is 6.61 Å². The highest BCUT2D eigenvalue weighted by Crippen LogP contribution is 2.09. The van der Waals surface area contributed by atoms with Crippen molar-refractivity contribution in [2.75, 3.05) is 7.05 Å². The molecule has 0 radical (unpaired) electrons. The van der Waals surface area contributed by atoms with Gasteiger partial charge in [-0.25, -0.2) is 9.59 Å². The molecule has 0 unspecified atom stereocenters. The Labute approximate surface area is 171 Å². The van der Waals surface area contributed by atoms with Gasteiger partial charge < -0.3 is 19.7 Å². The smallest absolute Gasteiger partial charge is 0.408 e. The molecule has 0 saturated heterocycles. The number of benzene rings is 1. The molecule has 0 fully saturated rings. The van der Waals surface area contributed by atoms with Crippen molar-refractivity contribution in [1.29, 1.82) is 0 Å². The van der Waals surface area contributed by atoms with E-state index in [1.165, 1.54) is 20.9 Å². The summed E-state index contributed by atoms with van der Waals surface area (Å²) in [6.07, 6.45) is -1.19. The van der Waals surface area contributed by atoms with E-state index in [1.807, 2.05) is 30.3 Å². The zero-order valence-electron chi connectivity index (χ0n) is 17.9. The fourth-order valence-electron chi connectivity index (χ4n) is 2.22. The van der Waals surface area contributed by atoms with Gasteiger partial charge in [-0.05, 0) is 40.2 Å². The quantitative estimate of drug-likeness (QED) is 0.526. The summed E-state index contributed by atoms with van der Waals surface area (Å²) in [5.74, 6) is -1.60. The van der Waals surface area contributed by atoms with Crippen molar-refractivity contribution in [3.8, 4) is 0 Å². The first-order valence-corrected chi connectivity index (χ1v) is 9.39. The minimum absolute atomic E-state index is 0.0990. The Morgan fingerprint density at radius 2 is 1.66 bits per heavy atom. The standard InChI is InChI=1S/C21H30N2O6/c1-14(22-20(27)29-21(3,4)5)17(24)12-18(25)23(6)15(2)19(26)28-13-16-10-8-7-9-11-16/h7-11,14-15H,12-13H2,1-6H3,(H,22,27)/t14-,15-/m0/s1. The summed E-state index contributed by atoms with van der Waals surface area (Å²) in [6.45, 7) is 8.21. The van der Waals surface area contributed by atoms with Gasteiger partial charge >= 0.3 is 12.1 Å². The number of hydrogen-bond donors (Lipinski definition) is 1. The molecule has 0 aliphatic carbocycles. The molecular formula is C21H30N2O6. The van der Waals surface area contributed by atoms with E-state index in [0.717, 1.165) is 10.5 Å². The number of alkyl carbamates (subject to hydrolysis) is 1. The zero-order chi connectivity index (χ0) is 22.2. The van der Waals surface area contributed by atoms with E-state index in [1.54, 1.807) is 20.8 Å². The van der Waals surface area contributed by atoms with Crippen molar-refractivity contribution in [3.63, 3.8) is 0 Å². The maximum Gasteiger partial charge on any atom is 0.408 e. The Morgan fingerprint density at radius 3 is 2.21 bits per heavy atom. The normalized spacial score (nSPS) is 13.0. The van der Waals surface area contributed by atoms with Crippen molar-refractivity contribution >= 4 is 23.8 Å².